The highest BCUT2D eigenvalue weighted by Crippen LogP contribution is 2.27. The summed E-state index contributed by atoms with van der Waals surface area (Å²) in [7, 11) is 1.63. The van der Waals surface area contributed by atoms with Crippen LogP contribution >= 0.6 is 0 Å². The third-order valence-electron chi connectivity index (χ3n) is 2.91. The quantitative estimate of drug-likeness (QED) is 0.597. The Morgan fingerprint density at radius 2 is 1.94 bits per heavy atom. The van der Waals surface area contributed by atoms with Crippen molar-refractivity contribution in [2.45, 2.75) is 33.2 Å². The van der Waals surface area contributed by atoms with Crippen molar-refractivity contribution in [1.29, 1.82) is 0 Å². The van der Waals surface area contributed by atoms with Gasteiger partial charge in [0.15, 0.2) is 6.29 Å². The highest BCUT2D eigenvalue weighted by molar-refractivity contribution is 5.26. The van der Waals surface area contributed by atoms with E-state index in [0.717, 1.165) is 11.3 Å². The van der Waals surface area contributed by atoms with Crippen molar-refractivity contribution in [3.05, 3.63) is 42.5 Å². The third kappa shape index (κ3) is 4.17. The molecule has 18 heavy (non-hydrogen) atoms. The number of hydrogen-bond acceptors (Lipinski definition) is 3. The van der Waals surface area contributed by atoms with Crippen LogP contribution in [0.1, 0.15) is 25.8 Å². The first-order valence-corrected chi connectivity index (χ1v) is 6.03. The van der Waals surface area contributed by atoms with Crippen molar-refractivity contribution < 1.29 is 14.6 Å². The lowest BCUT2D eigenvalue weighted by Crippen LogP contribution is -2.31. The molecule has 3 heteroatoms. The molecule has 1 N–H and O–H groups in total. The zero-order chi connectivity index (χ0) is 13.6. The smallest absolute Gasteiger partial charge is 0.160 e. The van der Waals surface area contributed by atoms with E-state index >= 15 is 0 Å². The minimum Gasteiger partial charge on any atom is -0.497 e. The predicted octanol–water partition coefficient (Wildman–Crippen LogP) is 3.13. The van der Waals surface area contributed by atoms with E-state index in [-0.39, 0.29) is 5.41 Å². The van der Waals surface area contributed by atoms with Gasteiger partial charge in [0.05, 0.1) is 13.7 Å². The van der Waals surface area contributed by atoms with E-state index in [1.54, 1.807) is 13.2 Å². The summed E-state index contributed by atoms with van der Waals surface area (Å²) in [5.74, 6) is 0.811. The summed E-state index contributed by atoms with van der Waals surface area (Å²) in [6.07, 6.45) is 1.69. The average Bonchev–Trinajstić information content (AvgIpc) is 2.36. The second-order valence-electron chi connectivity index (χ2n) is 4.99. The molecule has 0 aliphatic rings. The fraction of sp³-hybridized carbons (Fsp3) is 0.467. The van der Waals surface area contributed by atoms with Gasteiger partial charge in [-0.2, -0.15) is 0 Å². The molecule has 1 aromatic carbocycles. The summed E-state index contributed by atoms with van der Waals surface area (Å²) < 4.78 is 10.6. The number of hydrogen-bond donors (Lipinski definition) is 1. The highest BCUT2D eigenvalue weighted by Gasteiger charge is 2.27. The summed E-state index contributed by atoms with van der Waals surface area (Å²) >= 11 is 0. The molecule has 0 fully saturated rings. The van der Waals surface area contributed by atoms with Crippen molar-refractivity contribution >= 4 is 0 Å². The summed E-state index contributed by atoms with van der Waals surface area (Å²) in [4.78, 5) is 0. The number of benzene rings is 1. The average molecular weight is 250 g/mol. The Bertz CT molecular complexity index is 368. The Morgan fingerprint density at radius 3 is 2.44 bits per heavy atom. The van der Waals surface area contributed by atoms with Crippen LogP contribution in [-0.2, 0) is 11.3 Å². The molecule has 0 spiro atoms. The summed E-state index contributed by atoms with van der Waals surface area (Å²) in [5, 5.41) is 9.98. The van der Waals surface area contributed by atoms with Gasteiger partial charge in [0.25, 0.3) is 0 Å². The first kappa shape index (κ1) is 14.7. The molecule has 0 saturated heterocycles. The van der Waals surface area contributed by atoms with Gasteiger partial charge in [-0.15, -0.1) is 6.58 Å². The summed E-state index contributed by atoms with van der Waals surface area (Å²) in [5.41, 5.74) is 0.679. The molecular weight excluding hydrogens is 228 g/mol. The Morgan fingerprint density at radius 1 is 1.33 bits per heavy atom. The molecule has 3 nitrogen and oxygen atoms in total. The maximum Gasteiger partial charge on any atom is 0.160 e. The number of rotatable bonds is 7. The Kier molecular flexibility index (Phi) is 5.38. The zero-order valence-corrected chi connectivity index (χ0v) is 11.3. The zero-order valence-electron chi connectivity index (χ0n) is 11.3. The monoisotopic (exact) mass is 250 g/mol. The molecule has 0 aromatic heterocycles. The molecule has 0 heterocycles. The Hall–Kier alpha value is -1.32. The van der Waals surface area contributed by atoms with Crippen LogP contribution in [0, 0.1) is 5.41 Å². The van der Waals surface area contributed by atoms with Crippen molar-refractivity contribution in [1.82, 2.24) is 0 Å². The second kappa shape index (κ2) is 6.57. The van der Waals surface area contributed by atoms with Crippen molar-refractivity contribution in [3.8, 4) is 5.75 Å². The van der Waals surface area contributed by atoms with Gasteiger partial charge >= 0.3 is 0 Å². The van der Waals surface area contributed by atoms with Gasteiger partial charge in [-0.05, 0) is 24.1 Å². The predicted molar refractivity (Wildman–Crippen MR) is 72.4 cm³/mol. The minimum absolute atomic E-state index is 0.325. The number of allylic oxidation sites excluding steroid dienone is 1. The van der Waals surface area contributed by atoms with Crippen LogP contribution in [0.2, 0.25) is 0 Å². The summed E-state index contributed by atoms with van der Waals surface area (Å²) in [6.45, 7) is 7.97. The van der Waals surface area contributed by atoms with Gasteiger partial charge < -0.3 is 14.6 Å². The maximum atomic E-state index is 9.98. The molecule has 100 valence electrons. The van der Waals surface area contributed by atoms with Crippen molar-refractivity contribution in [2.24, 2.45) is 5.41 Å². The maximum absolute atomic E-state index is 9.98. The van der Waals surface area contributed by atoms with Crippen molar-refractivity contribution in [3.63, 3.8) is 0 Å². The topological polar surface area (TPSA) is 38.7 Å². The van der Waals surface area contributed by atoms with Gasteiger partial charge in [-0.3, -0.25) is 0 Å². The number of methoxy groups -OCH3 is 1. The van der Waals surface area contributed by atoms with E-state index in [1.165, 1.54) is 0 Å². The molecule has 0 amide bonds. The van der Waals surface area contributed by atoms with Crippen LogP contribution in [0.15, 0.2) is 36.9 Å². The van der Waals surface area contributed by atoms with Crippen LogP contribution in [0.25, 0.3) is 0 Å². The first-order valence-electron chi connectivity index (χ1n) is 6.03. The molecule has 0 aliphatic carbocycles. The van der Waals surface area contributed by atoms with Gasteiger partial charge in [0, 0.05) is 5.41 Å². The van der Waals surface area contributed by atoms with Gasteiger partial charge in [-0.1, -0.05) is 32.1 Å². The van der Waals surface area contributed by atoms with Crippen LogP contribution in [0.5, 0.6) is 5.75 Å². The lowest BCUT2D eigenvalue weighted by molar-refractivity contribution is -0.170. The first-order chi connectivity index (χ1) is 8.49. The Labute approximate surface area is 109 Å². The number of aliphatic hydroxyl groups excluding tert-OH is 1. The van der Waals surface area contributed by atoms with Crippen LogP contribution < -0.4 is 4.74 Å². The summed E-state index contributed by atoms with van der Waals surface area (Å²) in [6, 6.07) is 7.60. The van der Waals surface area contributed by atoms with E-state index in [1.807, 2.05) is 38.1 Å². The minimum atomic E-state index is -0.808. The molecule has 0 saturated carbocycles. The van der Waals surface area contributed by atoms with E-state index in [9.17, 15) is 5.11 Å². The Balaban J connectivity index is 2.51. The van der Waals surface area contributed by atoms with Crippen molar-refractivity contribution in [2.75, 3.05) is 7.11 Å². The highest BCUT2D eigenvalue weighted by atomic mass is 16.6. The van der Waals surface area contributed by atoms with Crippen LogP contribution in [0.4, 0.5) is 0 Å². The number of aliphatic hydroxyl groups is 1. The number of ether oxygens (including phenoxy) is 2. The molecule has 0 radical (unpaired) electrons. The fourth-order valence-electron chi connectivity index (χ4n) is 1.60. The normalized spacial score (nSPS) is 13.1. The molecular formula is C15H22O3. The molecule has 1 aromatic rings. The SMILES string of the molecule is C=CCC(C)(C)C(O)OCc1ccc(OC)cc1. The molecule has 1 unspecified atom stereocenters. The molecule has 0 bridgehead atoms. The van der Waals surface area contributed by atoms with Crippen LogP contribution in [0.3, 0.4) is 0 Å². The fourth-order valence-corrected chi connectivity index (χ4v) is 1.60. The second-order valence-corrected chi connectivity index (χ2v) is 4.99. The lowest BCUT2D eigenvalue weighted by Gasteiger charge is -2.29. The van der Waals surface area contributed by atoms with Gasteiger partial charge in [0.2, 0.25) is 0 Å². The van der Waals surface area contributed by atoms with Gasteiger partial charge in [0.1, 0.15) is 5.75 Å². The molecule has 1 atom stereocenters. The van der Waals surface area contributed by atoms with E-state index in [4.69, 9.17) is 9.47 Å². The van der Waals surface area contributed by atoms with E-state index in [0.29, 0.717) is 13.0 Å². The lowest BCUT2D eigenvalue weighted by atomic mass is 9.88. The largest absolute Gasteiger partial charge is 0.497 e. The molecule has 0 aliphatic heterocycles. The van der Waals surface area contributed by atoms with Gasteiger partial charge in [-0.25, -0.2) is 0 Å². The standard InChI is InChI=1S/C15H22O3/c1-5-10-15(2,3)14(16)18-11-12-6-8-13(17-4)9-7-12/h5-9,14,16H,1,10-11H2,2-4H3. The van der Waals surface area contributed by atoms with Crippen LogP contribution in [-0.4, -0.2) is 18.5 Å². The van der Waals surface area contributed by atoms with E-state index in [2.05, 4.69) is 6.58 Å². The third-order valence-corrected chi connectivity index (χ3v) is 2.91. The van der Waals surface area contributed by atoms with E-state index < -0.39 is 6.29 Å². The molecule has 1 rings (SSSR count).